The summed E-state index contributed by atoms with van der Waals surface area (Å²) in [6, 6.07) is 11.5. The monoisotopic (exact) mass is 244 g/mol. The lowest BCUT2D eigenvalue weighted by Gasteiger charge is -2.08. The van der Waals surface area contributed by atoms with Crippen molar-refractivity contribution in [1.29, 1.82) is 0 Å². The summed E-state index contributed by atoms with van der Waals surface area (Å²) >= 11 is 0. The second-order valence-corrected chi connectivity index (χ2v) is 3.83. The van der Waals surface area contributed by atoms with Crippen LogP contribution in [-0.2, 0) is 6.42 Å². The highest BCUT2D eigenvalue weighted by Gasteiger charge is 2.00. The minimum Gasteiger partial charge on any atom is -0.497 e. The number of nitrogens with zero attached hydrogens (tertiary/aromatic N) is 1. The number of nitrogen functional groups attached to an aromatic ring is 1. The van der Waals surface area contributed by atoms with Gasteiger partial charge in [0, 0.05) is 12.6 Å². The van der Waals surface area contributed by atoms with Crippen molar-refractivity contribution in [3.05, 3.63) is 48.2 Å². The summed E-state index contributed by atoms with van der Waals surface area (Å²) in [6.45, 7) is 0.572. The Kier molecular flexibility index (Phi) is 4.02. The zero-order valence-corrected chi connectivity index (χ0v) is 10.3. The molecule has 0 aliphatic heterocycles. The van der Waals surface area contributed by atoms with E-state index in [1.165, 1.54) is 5.56 Å². The molecule has 0 radical (unpaired) electrons. The highest BCUT2D eigenvalue weighted by atomic mass is 16.5. The van der Waals surface area contributed by atoms with E-state index in [1.807, 2.05) is 30.3 Å². The molecule has 18 heavy (non-hydrogen) atoms. The predicted octanol–water partition coefficient (Wildman–Crippen LogP) is 2.29. The van der Waals surface area contributed by atoms with Crippen LogP contribution in [0.15, 0.2) is 42.6 Å². The van der Waals surface area contributed by atoms with Crippen LogP contribution >= 0.6 is 0 Å². The molecule has 2 N–H and O–H groups in total. The molecule has 0 atom stereocenters. The summed E-state index contributed by atoms with van der Waals surface area (Å²) in [5.74, 6) is 1.91. The summed E-state index contributed by atoms with van der Waals surface area (Å²) in [6.07, 6.45) is 2.46. The van der Waals surface area contributed by atoms with Crippen LogP contribution in [0.2, 0.25) is 0 Å². The maximum absolute atomic E-state index is 5.69. The topological polar surface area (TPSA) is 57.4 Å². The maximum atomic E-state index is 5.69. The van der Waals surface area contributed by atoms with Gasteiger partial charge in [0.05, 0.1) is 13.7 Å². The van der Waals surface area contributed by atoms with Gasteiger partial charge in [0.2, 0.25) is 0 Å². The minimum atomic E-state index is 0.423. The van der Waals surface area contributed by atoms with Crippen LogP contribution in [0.3, 0.4) is 0 Å². The molecule has 0 amide bonds. The van der Waals surface area contributed by atoms with Crippen molar-refractivity contribution < 1.29 is 9.47 Å². The van der Waals surface area contributed by atoms with Crippen molar-refractivity contribution in [3.8, 4) is 11.5 Å². The second kappa shape index (κ2) is 5.91. The SMILES string of the molecule is COc1ccc(CCOc2cccnc2N)cc1. The summed E-state index contributed by atoms with van der Waals surface area (Å²) in [5, 5.41) is 0. The molecule has 0 fully saturated rings. The van der Waals surface area contributed by atoms with Crippen molar-refractivity contribution in [3.63, 3.8) is 0 Å². The highest BCUT2D eigenvalue weighted by molar-refractivity contribution is 5.44. The summed E-state index contributed by atoms with van der Waals surface area (Å²) < 4.78 is 10.7. The Bertz CT molecular complexity index is 497. The Balaban J connectivity index is 1.86. The van der Waals surface area contributed by atoms with Gasteiger partial charge in [0.15, 0.2) is 11.6 Å². The van der Waals surface area contributed by atoms with E-state index in [2.05, 4.69) is 4.98 Å². The third kappa shape index (κ3) is 3.13. The average Bonchev–Trinajstić information content (AvgIpc) is 2.42. The molecule has 2 rings (SSSR count). The van der Waals surface area contributed by atoms with Gasteiger partial charge in [-0.05, 0) is 29.8 Å². The normalized spacial score (nSPS) is 10.1. The number of methoxy groups -OCH3 is 1. The molecular weight excluding hydrogens is 228 g/mol. The molecule has 2 aromatic rings. The van der Waals surface area contributed by atoms with Crippen LogP contribution in [0.25, 0.3) is 0 Å². The van der Waals surface area contributed by atoms with E-state index in [4.69, 9.17) is 15.2 Å². The standard InChI is InChI=1S/C14H16N2O2/c1-17-12-6-4-11(5-7-12)8-10-18-13-3-2-9-16-14(13)15/h2-7,9H,8,10H2,1H3,(H2,15,16). The molecule has 0 saturated carbocycles. The number of ether oxygens (including phenoxy) is 2. The van der Waals surface area contributed by atoms with Gasteiger partial charge in [-0.25, -0.2) is 4.98 Å². The van der Waals surface area contributed by atoms with Crippen molar-refractivity contribution in [2.24, 2.45) is 0 Å². The van der Waals surface area contributed by atoms with Gasteiger partial charge >= 0.3 is 0 Å². The zero-order chi connectivity index (χ0) is 12.8. The summed E-state index contributed by atoms with van der Waals surface area (Å²) in [5.41, 5.74) is 6.88. The molecule has 1 aromatic heterocycles. The second-order valence-electron chi connectivity index (χ2n) is 3.83. The lowest BCUT2D eigenvalue weighted by Crippen LogP contribution is -2.04. The fourth-order valence-corrected chi connectivity index (χ4v) is 1.60. The Morgan fingerprint density at radius 1 is 1.17 bits per heavy atom. The quantitative estimate of drug-likeness (QED) is 0.876. The third-order valence-electron chi connectivity index (χ3n) is 2.61. The number of pyridine rings is 1. The van der Waals surface area contributed by atoms with E-state index in [1.54, 1.807) is 19.4 Å². The molecule has 0 saturated heterocycles. The Hall–Kier alpha value is -2.23. The van der Waals surface area contributed by atoms with Crippen LogP contribution < -0.4 is 15.2 Å². The van der Waals surface area contributed by atoms with Crippen molar-refractivity contribution >= 4 is 5.82 Å². The zero-order valence-electron chi connectivity index (χ0n) is 10.3. The number of hydrogen-bond donors (Lipinski definition) is 1. The smallest absolute Gasteiger partial charge is 0.166 e. The fourth-order valence-electron chi connectivity index (χ4n) is 1.60. The molecule has 0 aliphatic carbocycles. The number of nitrogens with two attached hydrogens (primary N) is 1. The predicted molar refractivity (Wildman–Crippen MR) is 70.8 cm³/mol. The number of benzene rings is 1. The van der Waals surface area contributed by atoms with E-state index in [0.717, 1.165) is 12.2 Å². The molecule has 1 heterocycles. The van der Waals surface area contributed by atoms with Gasteiger partial charge in [0.1, 0.15) is 5.75 Å². The number of hydrogen-bond acceptors (Lipinski definition) is 4. The largest absolute Gasteiger partial charge is 0.497 e. The Labute approximate surface area is 106 Å². The molecule has 0 bridgehead atoms. The Morgan fingerprint density at radius 2 is 1.94 bits per heavy atom. The van der Waals surface area contributed by atoms with Crippen LogP contribution in [-0.4, -0.2) is 18.7 Å². The lowest BCUT2D eigenvalue weighted by atomic mass is 10.1. The molecule has 0 aliphatic rings. The molecule has 0 unspecified atom stereocenters. The van der Waals surface area contributed by atoms with Crippen LogP contribution in [0.1, 0.15) is 5.56 Å². The maximum Gasteiger partial charge on any atom is 0.166 e. The molecular formula is C14H16N2O2. The molecule has 4 heteroatoms. The van der Waals surface area contributed by atoms with E-state index < -0.39 is 0 Å². The number of anilines is 1. The van der Waals surface area contributed by atoms with Crippen molar-refractivity contribution in [1.82, 2.24) is 4.98 Å². The van der Waals surface area contributed by atoms with Crippen molar-refractivity contribution in [2.45, 2.75) is 6.42 Å². The minimum absolute atomic E-state index is 0.423. The number of aromatic nitrogens is 1. The molecule has 4 nitrogen and oxygen atoms in total. The lowest BCUT2D eigenvalue weighted by molar-refractivity contribution is 0.322. The van der Waals surface area contributed by atoms with Crippen LogP contribution in [0.5, 0.6) is 11.5 Å². The van der Waals surface area contributed by atoms with Crippen molar-refractivity contribution in [2.75, 3.05) is 19.5 Å². The van der Waals surface area contributed by atoms with Gasteiger partial charge in [-0.1, -0.05) is 12.1 Å². The van der Waals surface area contributed by atoms with Gasteiger partial charge in [-0.3, -0.25) is 0 Å². The first-order valence-corrected chi connectivity index (χ1v) is 5.76. The van der Waals surface area contributed by atoms with Crippen LogP contribution in [0.4, 0.5) is 5.82 Å². The third-order valence-corrected chi connectivity index (χ3v) is 2.61. The van der Waals surface area contributed by atoms with E-state index in [-0.39, 0.29) is 0 Å². The highest BCUT2D eigenvalue weighted by Crippen LogP contribution is 2.17. The molecule has 0 spiro atoms. The van der Waals surface area contributed by atoms with Crippen LogP contribution in [0, 0.1) is 0 Å². The number of rotatable bonds is 5. The molecule has 1 aromatic carbocycles. The Morgan fingerprint density at radius 3 is 2.61 bits per heavy atom. The molecule has 94 valence electrons. The van der Waals surface area contributed by atoms with Gasteiger partial charge in [-0.2, -0.15) is 0 Å². The summed E-state index contributed by atoms with van der Waals surface area (Å²) in [4.78, 5) is 3.96. The average molecular weight is 244 g/mol. The summed E-state index contributed by atoms with van der Waals surface area (Å²) in [7, 11) is 1.66. The van der Waals surface area contributed by atoms with E-state index >= 15 is 0 Å². The first kappa shape index (κ1) is 12.2. The van der Waals surface area contributed by atoms with Gasteiger partial charge in [-0.15, -0.1) is 0 Å². The van der Waals surface area contributed by atoms with E-state index in [0.29, 0.717) is 18.2 Å². The first-order valence-electron chi connectivity index (χ1n) is 5.76. The van der Waals surface area contributed by atoms with Gasteiger partial charge < -0.3 is 15.2 Å². The van der Waals surface area contributed by atoms with E-state index in [9.17, 15) is 0 Å². The van der Waals surface area contributed by atoms with Gasteiger partial charge in [0.25, 0.3) is 0 Å². The fraction of sp³-hybridized carbons (Fsp3) is 0.214. The first-order chi connectivity index (χ1) is 8.79.